The van der Waals surface area contributed by atoms with Gasteiger partial charge >= 0.3 is 0 Å². The SMILES string of the molecule is O=C(c1ccccc1-c1ccccc1)N1CCC(C(=O)N2CCOCC2)CC1. The van der Waals surface area contributed by atoms with Crippen molar-refractivity contribution in [3.05, 3.63) is 60.2 Å². The van der Waals surface area contributed by atoms with Crippen LogP contribution in [0.4, 0.5) is 0 Å². The summed E-state index contributed by atoms with van der Waals surface area (Å²) >= 11 is 0. The number of nitrogens with zero attached hydrogens (tertiary/aromatic N) is 2. The minimum absolute atomic E-state index is 0.0199. The van der Waals surface area contributed by atoms with Gasteiger partial charge in [0.15, 0.2) is 0 Å². The minimum Gasteiger partial charge on any atom is -0.378 e. The van der Waals surface area contributed by atoms with Crippen molar-refractivity contribution in [1.82, 2.24) is 9.80 Å². The summed E-state index contributed by atoms with van der Waals surface area (Å²) in [6, 6.07) is 17.8. The molecule has 2 amide bonds. The van der Waals surface area contributed by atoms with E-state index in [4.69, 9.17) is 4.74 Å². The standard InChI is InChI=1S/C23H26N2O3/c26-22(25-14-16-28-17-15-25)19-10-12-24(13-11-19)23(27)21-9-5-4-8-20(21)18-6-2-1-3-7-18/h1-9,19H,10-17H2. The Morgan fingerprint density at radius 2 is 1.43 bits per heavy atom. The summed E-state index contributed by atoms with van der Waals surface area (Å²) in [5.74, 6) is 0.295. The number of morpholine rings is 1. The third-order valence-corrected chi connectivity index (χ3v) is 5.70. The first-order valence-electron chi connectivity index (χ1n) is 10.0. The maximum absolute atomic E-state index is 13.2. The second kappa shape index (κ2) is 8.57. The summed E-state index contributed by atoms with van der Waals surface area (Å²) < 4.78 is 5.34. The maximum Gasteiger partial charge on any atom is 0.254 e. The summed E-state index contributed by atoms with van der Waals surface area (Å²) in [7, 11) is 0. The average Bonchev–Trinajstić information content (AvgIpc) is 2.79. The van der Waals surface area contributed by atoms with Gasteiger partial charge < -0.3 is 14.5 Å². The monoisotopic (exact) mass is 378 g/mol. The Bertz CT molecular complexity index is 823. The largest absolute Gasteiger partial charge is 0.378 e. The number of ether oxygens (including phenoxy) is 1. The topological polar surface area (TPSA) is 49.9 Å². The zero-order chi connectivity index (χ0) is 19.3. The number of carbonyl (C=O) groups is 2. The second-order valence-corrected chi connectivity index (χ2v) is 7.42. The molecule has 2 fully saturated rings. The third-order valence-electron chi connectivity index (χ3n) is 5.70. The van der Waals surface area contributed by atoms with Crippen molar-refractivity contribution in [1.29, 1.82) is 0 Å². The highest BCUT2D eigenvalue weighted by atomic mass is 16.5. The molecule has 2 heterocycles. The van der Waals surface area contributed by atoms with Gasteiger partial charge in [0, 0.05) is 37.7 Å². The first kappa shape index (κ1) is 18.7. The molecule has 0 aliphatic carbocycles. The summed E-state index contributed by atoms with van der Waals surface area (Å²) in [5, 5.41) is 0. The number of hydrogen-bond acceptors (Lipinski definition) is 3. The van der Waals surface area contributed by atoms with Crippen LogP contribution >= 0.6 is 0 Å². The number of likely N-dealkylation sites (tertiary alicyclic amines) is 1. The molecule has 0 spiro atoms. The summed E-state index contributed by atoms with van der Waals surface area (Å²) in [5.41, 5.74) is 2.73. The van der Waals surface area contributed by atoms with Crippen LogP contribution in [0.1, 0.15) is 23.2 Å². The van der Waals surface area contributed by atoms with Gasteiger partial charge in [-0.3, -0.25) is 9.59 Å². The lowest BCUT2D eigenvalue weighted by Gasteiger charge is -2.35. The van der Waals surface area contributed by atoms with Crippen LogP contribution in [-0.4, -0.2) is 61.0 Å². The van der Waals surface area contributed by atoms with Crippen molar-refractivity contribution < 1.29 is 14.3 Å². The van der Waals surface area contributed by atoms with Gasteiger partial charge in [-0.15, -0.1) is 0 Å². The Labute approximate surface area is 165 Å². The molecule has 0 bridgehead atoms. The molecule has 5 heteroatoms. The molecule has 5 nitrogen and oxygen atoms in total. The molecule has 2 aromatic carbocycles. The molecule has 0 aromatic heterocycles. The van der Waals surface area contributed by atoms with Gasteiger partial charge in [0.2, 0.25) is 5.91 Å². The Balaban J connectivity index is 1.43. The van der Waals surface area contributed by atoms with Crippen LogP contribution in [0, 0.1) is 5.92 Å². The number of amides is 2. The number of rotatable bonds is 3. The highest BCUT2D eigenvalue weighted by Gasteiger charge is 2.31. The predicted molar refractivity (Wildman–Crippen MR) is 108 cm³/mol. The van der Waals surface area contributed by atoms with Crippen LogP contribution in [-0.2, 0) is 9.53 Å². The summed E-state index contributed by atoms with van der Waals surface area (Å²) in [4.78, 5) is 29.7. The maximum atomic E-state index is 13.2. The zero-order valence-electron chi connectivity index (χ0n) is 16.0. The third kappa shape index (κ3) is 3.94. The fourth-order valence-corrected chi connectivity index (χ4v) is 4.08. The van der Waals surface area contributed by atoms with E-state index in [1.807, 2.05) is 64.4 Å². The lowest BCUT2D eigenvalue weighted by Crippen LogP contribution is -2.47. The van der Waals surface area contributed by atoms with Crippen molar-refractivity contribution in [3.63, 3.8) is 0 Å². The highest BCUT2D eigenvalue weighted by molar-refractivity contribution is 6.01. The first-order valence-corrected chi connectivity index (χ1v) is 10.0. The lowest BCUT2D eigenvalue weighted by atomic mass is 9.93. The van der Waals surface area contributed by atoms with Gasteiger partial charge in [-0.05, 0) is 30.0 Å². The molecule has 2 aromatic rings. The van der Waals surface area contributed by atoms with Crippen molar-refractivity contribution in [2.45, 2.75) is 12.8 Å². The van der Waals surface area contributed by atoms with E-state index in [0.29, 0.717) is 39.4 Å². The Hall–Kier alpha value is -2.66. The Morgan fingerprint density at radius 1 is 0.786 bits per heavy atom. The van der Waals surface area contributed by atoms with Gasteiger partial charge in [0.05, 0.1) is 13.2 Å². The summed E-state index contributed by atoms with van der Waals surface area (Å²) in [6.45, 7) is 3.87. The van der Waals surface area contributed by atoms with Gasteiger partial charge in [-0.25, -0.2) is 0 Å². The zero-order valence-corrected chi connectivity index (χ0v) is 16.0. The number of benzene rings is 2. The Morgan fingerprint density at radius 3 is 2.14 bits per heavy atom. The summed E-state index contributed by atoms with van der Waals surface area (Å²) in [6.07, 6.45) is 1.46. The molecular formula is C23H26N2O3. The van der Waals surface area contributed by atoms with E-state index >= 15 is 0 Å². The van der Waals surface area contributed by atoms with Gasteiger partial charge in [-0.2, -0.15) is 0 Å². The number of hydrogen-bond donors (Lipinski definition) is 0. The van der Waals surface area contributed by atoms with Crippen molar-refractivity contribution >= 4 is 11.8 Å². The van der Waals surface area contributed by atoms with Crippen molar-refractivity contribution in [3.8, 4) is 11.1 Å². The highest BCUT2D eigenvalue weighted by Crippen LogP contribution is 2.27. The number of piperidine rings is 1. The number of carbonyl (C=O) groups excluding carboxylic acids is 2. The van der Waals surface area contributed by atoms with Crippen LogP contribution in [0.2, 0.25) is 0 Å². The van der Waals surface area contributed by atoms with Gasteiger partial charge in [0.25, 0.3) is 5.91 Å². The molecule has 2 saturated heterocycles. The van der Waals surface area contributed by atoms with Gasteiger partial charge in [-0.1, -0.05) is 48.5 Å². The molecule has 2 aliphatic heterocycles. The molecule has 0 saturated carbocycles. The van der Waals surface area contributed by atoms with E-state index < -0.39 is 0 Å². The molecule has 2 aliphatic rings. The smallest absolute Gasteiger partial charge is 0.254 e. The van der Waals surface area contributed by atoms with Crippen molar-refractivity contribution in [2.24, 2.45) is 5.92 Å². The van der Waals surface area contributed by atoms with Crippen LogP contribution in [0.5, 0.6) is 0 Å². The van der Waals surface area contributed by atoms with E-state index in [9.17, 15) is 9.59 Å². The van der Waals surface area contributed by atoms with E-state index in [-0.39, 0.29) is 17.7 Å². The second-order valence-electron chi connectivity index (χ2n) is 7.42. The fraction of sp³-hybridized carbons (Fsp3) is 0.391. The molecular weight excluding hydrogens is 352 g/mol. The molecule has 0 atom stereocenters. The van der Waals surface area contributed by atoms with Crippen LogP contribution in [0.3, 0.4) is 0 Å². The Kier molecular flexibility index (Phi) is 5.72. The normalized spacial score (nSPS) is 18.1. The molecule has 0 N–H and O–H groups in total. The molecule has 28 heavy (non-hydrogen) atoms. The molecule has 146 valence electrons. The van der Waals surface area contributed by atoms with Crippen LogP contribution < -0.4 is 0 Å². The van der Waals surface area contributed by atoms with E-state index in [1.165, 1.54) is 0 Å². The predicted octanol–water partition coefficient (Wildman–Crippen LogP) is 3.06. The first-order chi connectivity index (χ1) is 13.7. The quantitative estimate of drug-likeness (QED) is 0.825. The average molecular weight is 378 g/mol. The van der Waals surface area contributed by atoms with Crippen LogP contribution in [0.15, 0.2) is 54.6 Å². The van der Waals surface area contributed by atoms with Gasteiger partial charge in [0.1, 0.15) is 0 Å². The van der Waals surface area contributed by atoms with E-state index in [1.54, 1.807) is 0 Å². The van der Waals surface area contributed by atoms with E-state index in [2.05, 4.69) is 0 Å². The van der Waals surface area contributed by atoms with Crippen LogP contribution in [0.25, 0.3) is 11.1 Å². The fourth-order valence-electron chi connectivity index (χ4n) is 4.08. The molecule has 4 rings (SSSR count). The van der Waals surface area contributed by atoms with Crippen molar-refractivity contribution in [2.75, 3.05) is 39.4 Å². The molecule has 0 radical (unpaired) electrons. The van der Waals surface area contributed by atoms with E-state index in [0.717, 1.165) is 29.5 Å². The molecule has 0 unspecified atom stereocenters. The lowest BCUT2D eigenvalue weighted by molar-refractivity contribution is -0.141. The minimum atomic E-state index is 0.0199.